The minimum Gasteiger partial charge on any atom is -0.466 e. The Morgan fingerprint density at radius 2 is 2.08 bits per heavy atom. The molecule has 2 heterocycles. The van der Waals surface area contributed by atoms with Crippen molar-refractivity contribution in [1.29, 1.82) is 0 Å². The number of piperidine rings is 1. The number of rotatable bonds is 4. The van der Waals surface area contributed by atoms with Crippen molar-refractivity contribution >= 4 is 11.9 Å². The van der Waals surface area contributed by atoms with Gasteiger partial charge in [0, 0.05) is 24.8 Å². The van der Waals surface area contributed by atoms with Crippen LogP contribution in [0.2, 0.25) is 0 Å². The number of nitrogens with zero attached hydrogens (tertiary/aromatic N) is 3. The molecule has 6 nitrogen and oxygen atoms in total. The molecule has 3 rings (SSSR count). The van der Waals surface area contributed by atoms with Crippen LogP contribution in [-0.2, 0) is 9.53 Å². The highest BCUT2D eigenvalue weighted by molar-refractivity contribution is 5.99. The molecule has 0 N–H and O–H groups in total. The third-order valence-electron chi connectivity index (χ3n) is 4.32. The van der Waals surface area contributed by atoms with E-state index in [0.717, 1.165) is 18.4 Å². The number of hydrogen-bond donors (Lipinski definition) is 0. The van der Waals surface area contributed by atoms with Gasteiger partial charge in [-0.1, -0.05) is 30.3 Å². The standard InChI is InChI=1S/C19H21N3O3/c1-2-25-19(24)15-9-6-10-22(12-15)18(23)16-11-20-13-21-17(16)14-7-4-3-5-8-14/h3-5,7-8,11,13,15H,2,6,9-10,12H2,1H3/t15-/m0/s1. The van der Waals surface area contributed by atoms with Gasteiger partial charge in [-0.2, -0.15) is 0 Å². The van der Waals surface area contributed by atoms with Crippen LogP contribution in [0.15, 0.2) is 42.9 Å². The highest BCUT2D eigenvalue weighted by atomic mass is 16.5. The normalized spacial score (nSPS) is 17.2. The van der Waals surface area contributed by atoms with E-state index in [1.807, 2.05) is 30.3 Å². The highest BCUT2D eigenvalue weighted by Crippen LogP contribution is 2.24. The summed E-state index contributed by atoms with van der Waals surface area (Å²) in [6.07, 6.45) is 4.52. The molecule has 130 valence electrons. The Bertz CT molecular complexity index is 749. The van der Waals surface area contributed by atoms with Crippen LogP contribution in [0.4, 0.5) is 0 Å². The molecule has 2 aromatic rings. The minimum absolute atomic E-state index is 0.145. The molecule has 1 fully saturated rings. The van der Waals surface area contributed by atoms with E-state index in [9.17, 15) is 9.59 Å². The topological polar surface area (TPSA) is 72.4 Å². The largest absolute Gasteiger partial charge is 0.466 e. The fourth-order valence-corrected chi connectivity index (χ4v) is 3.10. The molecule has 6 heteroatoms. The summed E-state index contributed by atoms with van der Waals surface area (Å²) in [6, 6.07) is 9.56. The van der Waals surface area contributed by atoms with Gasteiger partial charge >= 0.3 is 5.97 Å². The maximum absolute atomic E-state index is 13.0. The van der Waals surface area contributed by atoms with Crippen molar-refractivity contribution in [3.05, 3.63) is 48.4 Å². The Morgan fingerprint density at radius 3 is 2.84 bits per heavy atom. The van der Waals surface area contributed by atoms with Gasteiger partial charge in [0.1, 0.15) is 6.33 Å². The molecule has 0 radical (unpaired) electrons. The zero-order valence-corrected chi connectivity index (χ0v) is 14.2. The lowest BCUT2D eigenvalue weighted by Gasteiger charge is -2.31. The lowest BCUT2D eigenvalue weighted by Crippen LogP contribution is -2.43. The zero-order chi connectivity index (χ0) is 17.6. The number of carbonyl (C=O) groups excluding carboxylic acids is 2. The maximum atomic E-state index is 13.0. The summed E-state index contributed by atoms with van der Waals surface area (Å²) in [6.45, 7) is 3.14. The van der Waals surface area contributed by atoms with E-state index in [-0.39, 0.29) is 17.8 Å². The number of carbonyl (C=O) groups is 2. The van der Waals surface area contributed by atoms with Gasteiger partial charge in [-0.25, -0.2) is 9.97 Å². The Balaban J connectivity index is 1.83. The van der Waals surface area contributed by atoms with Crippen molar-refractivity contribution in [3.63, 3.8) is 0 Å². The summed E-state index contributed by atoms with van der Waals surface area (Å²) >= 11 is 0. The van der Waals surface area contributed by atoms with E-state index in [0.29, 0.717) is 31.0 Å². The number of ether oxygens (including phenoxy) is 1. The van der Waals surface area contributed by atoms with E-state index < -0.39 is 0 Å². The lowest BCUT2D eigenvalue weighted by atomic mass is 9.97. The van der Waals surface area contributed by atoms with E-state index in [1.165, 1.54) is 6.33 Å². The first-order valence-electron chi connectivity index (χ1n) is 8.52. The third-order valence-corrected chi connectivity index (χ3v) is 4.32. The number of likely N-dealkylation sites (tertiary alicyclic amines) is 1. The van der Waals surface area contributed by atoms with Crippen LogP contribution in [0.1, 0.15) is 30.1 Å². The molecule has 1 aromatic heterocycles. The Kier molecular flexibility index (Phi) is 5.38. The van der Waals surface area contributed by atoms with E-state index in [2.05, 4.69) is 9.97 Å². The molecule has 0 spiro atoms. The van der Waals surface area contributed by atoms with Crippen LogP contribution in [0.5, 0.6) is 0 Å². The van der Waals surface area contributed by atoms with Crippen LogP contribution < -0.4 is 0 Å². The predicted molar refractivity (Wildman–Crippen MR) is 92.7 cm³/mol. The molecule has 0 unspecified atom stereocenters. The summed E-state index contributed by atoms with van der Waals surface area (Å²) in [5.41, 5.74) is 1.93. The van der Waals surface area contributed by atoms with Crippen LogP contribution in [0.3, 0.4) is 0 Å². The molecular formula is C19H21N3O3. The molecule has 1 aliphatic rings. The van der Waals surface area contributed by atoms with Crippen LogP contribution in [0.25, 0.3) is 11.3 Å². The second kappa shape index (κ2) is 7.88. The Morgan fingerprint density at radius 1 is 1.28 bits per heavy atom. The minimum atomic E-state index is -0.262. The van der Waals surface area contributed by atoms with Gasteiger partial charge in [0.2, 0.25) is 0 Å². The molecule has 1 amide bonds. The van der Waals surface area contributed by atoms with Gasteiger partial charge < -0.3 is 9.64 Å². The molecule has 1 atom stereocenters. The van der Waals surface area contributed by atoms with Crippen LogP contribution >= 0.6 is 0 Å². The van der Waals surface area contributed by atoms with Gasteiger partial charge in [-0.05, 0) is 19.8 Å². The number of benzene rings is 1. The maximum Gasteiger partial charge on any atom is 0.310 e. The van der Waals surface area contributed by atoms with E-state index in [1.54, 1.807) is 18.0 Å². The summed E-state index contributed by atoms with van der Waals surface area (Å²) < 4.78 is 5.11. The second-order valence-corrected chi connectivity index (χ2v) is 5.99. The van der Waals surface area contributed by atoms with Gasteiger partial charge in [-0.15, -0.1) is 0 Å². The second-order valence-electron chi connectivity index (χ2n) is 5.99. The summed E-state index contributed by atoms with van der Waals surface area (Å²) in [5.74, 6) is -0.636. The average Bonchev–Trinajstić information content (AvgIpc) is 2.68. The molecule has 0 saturated carbocycles. The molecule has 0 aliphatic carbocycles. The quantitative estimate of drug-likeness (QED) is 0.801. The van der Waals surface area contributed by atoms with Crippen molar-refractivity contribution in [2.75, 3.05) is 19.7 Å². The van der Waals surface area contributed by atoms with Crippen molar-refractivity contribution in [2.24, 2.45) is 5.92 Å². The Labute approximate surface area is 146 Å². The van der Waals surface area contributed by atoms with Crippen LogP contribution in [0, 0.1) is 5.92 Å². The van der Waals surface area contributed by atoms with E-state index >= 15 is 0 Å². The average molecular weight is 339 g/mol. The molecule has 1 aromatic carbocycles. The monoisotopic (exact) mass is 339 g/mol. The Hall–Kier alpha value is -2.76. The van der Waals surface area contributed by atoms with Gasteiger partial charge in [0.15, 0.2) is 0 Å². The lowest BCUT2D eigenvalue weighted by molar-refractivity contribution is -0.149. The van der Waals surface area contributed by atoms with Gasteiger partial charge in [-0.3, -0.25) is 9.59 Å². The smallest absolute Gasteiger partial charge is 0.310 e. The van der Waals surface area contributed by atoms with Crippen molar-refractivity contribution in [2.45, 2.75) is 19.8 Å². The molecule has 1 aliphatic heterocycles. The first-order chi connectivity index (χ1) is 12.2. The number of hydrogen-bond acceptors (Lipinski definition) is 5. The van der Waals surface area contributed by atoms with Crippen molar-refractivity contribution in [1.82, 2.24) is 14.9 Å². The van der Waals surface area contributed by atoms with E-state index in [4.69, 9.17) is 4.74 Å². The van der Waals surface area contributed by atoms with Gasteiger partial charge in [0.05, 0.1) is 23.8 Å². The van der Waals surface area contributed by atoms with Gasteiger partial charge in [0.25, 0.3) is 5.91 Å². The number of aromatic nitrogens is 2. The predicted octanol–water partition coefficient (Wildman–Crippen LogP) is 2.56. The fourth-order valence-electron chi connectivity index (χ4n) is 3.10. The van der Waals surface area contributed by atoms with Crippen LogP contribution in [-0.4, -0.2) is 46.4 Å². The number of esters is 1. The summed E-state index contributed by atoms with van der Waals surface area (Å²) in [4.78, 5) is 35.0. The third kappa shape index (κ3) is 3.84. The zero-order valence-electron chi connectivity index (χ0n) is 14.2. The number of amides is 1. The first-order valence-corrected chi connectivity index (χ1v) is 8.52. The molecule has 1 saturated heterocycles. The summed E-state index contributed by atoms with van der Waals surface area (Å²) in [5, 5.41) is 0. The molecule has 25 heavy (non-hydrogen) atoms. The van der Waals surface area contributed by atoms with Crippen molar-refractivity contribution < 1.29 is 14.3 Å². The molecule has 0 bridgehead atoms. The van der Waals surface area contributed by atoms with Crippen molar-refractivity contribution in [3.8, 4) is 11.3 Å². The summed E-state index contributed by atoms with van der Waals surface area (Å²) in [7, 11) is 0. The SMILES string of the molecule is CCOC(=O)[C@H]1CCCN(C(=O)c2cncnc2-c2ccccc2)C1. The molecular weight excluding hydrogens is 318 g/mol. The fraction of sp³-hybridized carbons (Fsp3) is 0.368. The first kappa shape index (κ1) is 17.1. The highest BCUT2D eigenvalue weighted by Gasteiger charge is 2.31.